The number of nitrogens with zero attached hydrogens (tertiary/aromatic N) is 2. The van der Waals surface area contributed by atoms with Crippen molar-refractivity contribution >= 4 is 24.2 Å². The summed E-state index contributed by atoms with van der Waals surface area (Å²) in [6.07, 6.45) is -4.89. The van der Waals surface area contributed by atoms with Crippen LogP contribution >= 0.6 is 0 Å². The quantitative estimate of drug-likeness (QED) is 0.358. The van der Waals surface area contributed by atoms with Crippen LogP contribution in [0.2, 0.25) is 0 Å². The molecule has 0 aliphatic carbocycles. The second-order valence-electron chi connectivity index (χ2n) is 7.16. The Morgan fingerprint density at radius 1 is 1.33 bits per heavy atom. The van der Waals surface area contributed by atoms with E-state index in [0.717, 1.165) is 24.3 Å². The van der Waals surface area contributed by atoms with E-state index in [1.54, 1.807) is 0 Å². The van der Waals surface area contributed by atoms with Crippen LogP contribution in [-0.4, -0.2) is 41.5 Å². The van der Waals surface area contributed by atoms with E-state index in [0.29, 0.717) is 5.56 Å². The molecule has 0 fully saturated rings. The van der Waals surface area contributed by atoms with Gasteiger partial charge in [0.2, 0.25) is 0 Å². The summed E-state index contributed by atoms with van der Waals surface area (Å²) in [5, 5.41) is 33.3. The molecule has 3 rings (SSSR count). The summed E-state index contributed by atoms with van der Waals surface area (Å²) in [6.45, 7) is 0.765. The number of carbonyl (C=O) groups is 1. The Hall–Kier alpha value is -3.83. The summed E-state index contributed by atoms with van der Waals surface area (Å²) in [5.74, 6) is -1.57. The van der Waals surface area contributed by atoms with Gasteiger partial charge in [0.25, 0.3) is 5.91 Å². The van der Waals surface area contributed by atoms with Gasteiger partial charge in [-0.1, -0.05) is 6.07 Å². The van der Waals surface area contributed by atoms with Crippen molar-refractivity contribution in [2.75, 3.05) is 6.61 Å². The molecule has 0 unspecified atom stereocenters. The van der Waals surface area contributed by atoms with Crippen LogP contribution in [0.3, 0.4) is 0 Å². The molecule has 0 radical (unpaired) electrons. The fraction of sp³-hybridized carbons (Fsp3) is 0.263. The molecule has 0 bridgehead atoms. The minimum Gasteiger partial charge on any atom is -0.483 e. The number of alkyl halides is 3. The number of carbonyl (C=O) groups excluding carboxylic acids is 1. The molecule has 1 aliphatic heterocycles. The Balaban J connectivity index is 1.73. The molecule has 33 heavy (non-hydrogen) atoms. The average Bonchev–Trinajstić information content (AvgIpc) is 3.12. The van der Waals surface area contributed by atoms with E-state index < -0.39 is 47.9 Å². The second kappa shape index (κ2) is 8.97. The molecule has 0 saturated carbocycles. The summed E-state index contributed by atoms with van der Waals surface area (Å²) in [4.78, 5) is 23.3. The summed E-state index contributed by atoms with van der Waals surface area (Å²) >= 11 is 0. The zero-order chi connectivity index (χ0) is 24.4. The molecule has 1 atom stereocenters. The molecule has 2 aromatic rings. The molecule has 1 amide bonds. The number of ether oxygens (including phenoxy) is 2. The number of nitro groups is 1. The van der Waals surface area contributed by atoms with Gasteiger partial charge in [0, 0.05) is 5.56 Å². The third-order valence-electron chi connectivity index (χ3n) is 4.60. The summed E-state index contributed by atoms with van der Waals surface area (Å²) < 4.78 is 50.9. The molecule has 172 valence electrons. The average molecular weight is 465 g/mol. The standard InChI is InChI=1S/C19H15BF3N3O7/c1-18(9-24,25-17(27)11-2-5-13(6-3-11)33-19(21,22)23)10-31-14-7-4-12-8-32-20(28)15(12)16(14)26(29)30/h2-7,28H,8,10H2,1H3,(H,25,27)/t18-/m1/s1. The maximum absolute atomic E-state index is 12.5. The first-order chi connectivity index (χ1) is 15.4. The van der Waals surface area contributed by atoms with Crippen molar-refractivity contribution in [3.05, 3.63) is 57.6 Å². The highest BCUT2D eigenvalue weighted by atomic mass is 19.4. The van der Waals surface area contributed by atoms with Crippen LogP contribution in [0, 0.1) is 21.4 Å². The maximum Gasteiger partial charge on any atom is 0.573 e. The SMILES string of the molecule is C[C@@](C#N)(COc1ccc2c(c1[N+](=O)[O-])B(O)OC2)NC(=O)c1ccc(OC(F)(F)F)cc1. The number of nitro benzene ring substituents is 1. The predicted molar refractivity (Wildman–Crippen MR) is 106 cm³/mol. The summed E-state index contributed by atoms with van der Waals surface area (Å²) in [7, 11) is -1.50. The Morgan fingerprint density at radius 2 is 2.00 bits per heavy atom. The van der Waals surface area contributed by atoms with Crippen LogP contribution in [0.15, 0.2) is 36.4 Å². The Labute approximate surface area is 184 Å². The van der Waals surface area contributed by atoms with E-state index >= 15 is 0 Å². The molecule has 10 nitrogen and oxygen atoms in total. The lowest BCUT2D eigenvalue weighted by molar-refractivity contribution is -0.384. The largest absolute Gasteiger partial charge is 0.573 e. The monoisotopic (exact) mass is 465 g/mol. The van der Waals surface area contributed by atoms with Crippen molar-refractivity contribution in [2.24, 2.45) is 0 Å². The number of hydrogen-bond acceptors (Lipinski definition) is 8. The Morgan fingerprint density at radius 3 is 2.58 bits per heavy atom. The van der Waals surface area contributed by atoms with Crippen molar-refractivity contribution in [2.45, 2.75) is 25.4 Å². The molecule has 2 N–H and O–H groups in total. The fourth-order valence-electron chi connectivity index (χ4n) is 3.04. The molecule has 0 saturated heterocycles. The van der Waals surface area contributed by atoms with Gasteiger partial charge < -0.3 is 24.5 Å². The maximum atomic E-state index is 12.5. The molecule has 0 spiro atoms. The Bertz CT molecular complexity index is 1120. The third kappa shape index (κ3) is 5.51. The number of benzene rings is 2. The lowest BCUT2D eigenvalue weighted by Crippen LogP contribution is -2.49. The van der Waals surface area contributed by atoms with Crippen molar-refractivity contribution in [1.82, 2.24) is 5.32 Å². The molecule has 2 aromatic carbocycles. The van der Waals surface area contributed by atoms with Gasteiger partial charge in [-0.2, -0.15) is 5.26 Å². The highest BCUT2D eigenvalue weighted by Gasteiger charge is 2.39. The number of fused-ring (bicyclic) bond motifs is 1. The minimum absolute atomic E-state index is 0.0175. The number of amides is 1. The zero-order valence-electron chi connectivity index (χ0n) is 16.9. The summed E-state index contributed by atoms with van der Waals surface area (Å²) in [5.41, 5.74) is -1.89. The van der Waals surface area contributed by atoms with E-state index in [1.165, 1.54) is 19.1 Å². The topological polar surface area (TPSA) is 144 Å². The number of nitrogens with one attached hydrogen (secondary N) is 1. The first kappa shape index (κ1) is 23.8. The molecule has 0 aromatic heterocycles. The number of hydrogen-bond donors (Lipinski definition) is 2. The van der Waals surface area contributed by atoms with Gasteiger partial charge in [-0.05, 0) is 42.8 Å². The van der Waals surface area contributed by atoms with Gasteiger partial charge in [0.05, 0.1) is 23.1 Å². The number of rotatable bonds is 7. The zero-order valence-corrected chi connectivity index (χ0v) is 16.9. The lowest BCUT2D eigenvalue weighted by atomic mass is 9.78. The van der Waals surface area contributed by atoms with E-state index in [9.17, 15) is 38.4 Å². The highest BCUT2D eigenvalue weighted by molar-refractivity contribution is 6.63. The first-order valence-electron chi connectivity index (χ1n) is 9.24. The van der Waals surface area contributed by atoms with Gasteiger partial charge in [-0.25, -0.2) is 0 Å². The highest BCUT2D eigenvalue weighted by Crippen LogP contribution is 2.30. The van der Waals surface area contributed by atoms with E-state index in [-0.39, 0.29) is 23.4 Å². The molecular formula is C19H15BF3N3O7. The van der Waals surface area contributed by atoms with Crippen LogP contribution in [0.25, 0.3) is 0 Å². The van der Waals surface area contributed by atoms with E-state index in [2.05, 4.69) is 10.1 Å². The van der Waals surface area contributed by atoms with Gasteiger partial charge in [-0.3, -0.25) is 14.9 Å². The summed E-state index contributed by atoms with van der Waals surface area (Å²) in [6, 6.07) is 8.60. The van der Waals surface area contributed by atoms with Crippen LogP contribution in [0.1, 0.15) is 22.8 Å². The van der Waals surface area contributed by atoms with Crippen molar-refractivity contribution in [3.8, 4) is 17.6 Å². The first-order valence-corrected chi connectivity index (χ1v) is 9.24. The molecule has 1 heterocycles. The van der Waals surface area contributed by atoms with Crippen LogP contribution < -0.4 is 20.3 Å². The van der Waals surface area contributed by atoms with Gasteiger partial charge >= 0.3 is 19.2 Å². The normalized spacial score (nSPS) is 14.6. The Kier molecular flexibility index (Phi) is 6.47. The van der Waals surface area contributed by atoms with Crippen molar-refractivity contribution in [1.29, 1.82) is 5.26 Å². The van der Waals surface area contributed by atoms with Gasteiger partial charge in [0.15, 0.2) is 11.3 Å². The number of halogens is 3. The van der Waals surface area contributed by atoms with Gasteiger partial charge in [-0.15, -0.1) is 13.2 Å². The minimum atomic E-state index is -4.89. The van der Waals surface area contributed by atoms with Crippen LogP contribution in [0.4, 0.5) is 18.9 Å². The molecular weight excluding hydrogens is 450 g/mol. The number of nitriles is 1. The smallest absolute Gasteiger partial charge is 0.483 e. The van der Waals surface area contributed by atoms with Crippen molar-refractivity contribution in [3.63, 3.8) is 0 Å². The van der Waals surface area contributed by atoms with E-state index in [1.807, 2.05) is 6.07 Å². The lowest BCUT2D eigenvalue weighted by Gasteiger charge is -2.23. The van der Waals surface area contributed by atoms with Crippen molar-refractivity contribution < 1.29 is 42.0 Å². The third-order valence-corrected chi connectivity index (χ3v) is 4.60. The fourth-order valence-corrected chi connectivity index (χ4v) is 3.04. The van der Waals surface area contributed by atoms with Gasteiger partial charge in [0.1, 0.15) is 12.4 Å². The van der Waals surface area contributed by atoms with E-state index in [4.69, 9.17) is 9.39 Å². The van der Waals surface area contributed by atoms with Crippen LogP contribution in [0.5, 0.6) is 11.5 Å². The second-order valence-corrected chi connectivity index (χ2v) is 7.16. The van der Waals surface area contributed by atoms with Crippen LogP contribution in [-0.2, 0) is 11.3 Å². The predicted octanol–water partition coefficient (Wildman–Crippen LogP) is 1.80. The molecule has 1 aliphatic rings. The molecule has 14 heteroatoms.